The Bertz CT molecular complexity index is 2580. The van der Waals surface area contributed by atoms with Gasteiger partial charge >= 0.3 is 0 Å². The number of aliphatic hydroxyl groups excluding tert-OH is 1. The number of fused-ring (bicyclic) bond motifs is 2. The number of carbonyl (C=O) groups excluding carboxylic acids is 1. The van der Waals surface area contributed by atoms with Gasteiger partial charge in [-0.05, 0) is 126 Å². The van der Waals surface area contributed by atoms with Crippen LogP contribution in [0.15, 0.2) is 97.0 Å². The molecule has 0 spiro atoms. The Morgan fingerprint density at radius 1 is 0.646 bits per heavy atom. The van der Waals surface area contributed by atoms with E-state index in [2.05, 4.69) is 110 Å². The van der Waals surface area contributed by atoms with Crippen LogP contribution in [0.5, 0.6) is 0 Å². The van der Waals surface area contributed by atoms with Crippen molar-refractivity contribution in [2.24, 2.45) is 11.8 Å². The third-order valence-electron chi connectivity index (χ3n) is 13.8. The van der Waals surface area contributed by atoms with Crippen LogP contribution in [-0.4, -0.2) is 20.9 Å². The summed E-state index contributed by atoms with van der Waals surface area (Å²) >= 11 is 0. The second-order valence-corrected chi connectivity index (χ2v) is 18.5. The van der Waals surface area contributed by atoms with Gasteiger partial charge in [0, 0.05) is 50.4 Å². The number of hydrogen-bond donors (Lipinski definition) is 1. The monoisotopic (exact) mass is 1050 g/mol. The van der Waals surface area contributed by atoms with Crippen LogP contribution < -0.4 is 0 Å². The fourth-order valence-corrected chi connectivity index (χ4v) is 10.00. The van der Waals surface area contributed by atoms with Crippen molar-refractivity contribution in [3.63, 3.8) is 0 Å². The smallest absolute Gasteiger partial charge is 0.162 e. The van der Waals surface area contributed by atoms with E-state index in [1.165, 1.54) is 92.5 Å². The molecule has 8 rings (SSSR count). The van der Waals surface area contributed by atoms with Crippen LogP contribution in [-0.2, 0) is 31.3 Å². The molecule has 2 saturated carbocycles. The Morgan fingerprint density at radius 3 is 1.55 bits per heavy atom. The number of rotatable bonds is 12. The standard InChI is InChI=1S/C24H26N.C23H24N.C13H24O2.Ir/c1-3-18-13-17(2)14-22(15-18)24-23-10-9-20(16-21(23)11-12-25-24)19-7-5-4-6-8-19;1-16-12-17(2)14-21(13-16)23-22-9-8-19(15-20(22)10-11-24-23)18-6-4-3-5-7-18;1-5-10(6-2)12(14)9-13(15)11(7-3)8-4;/h9-13,15-16,19H,3-8H2,1-2H3;8-13,15,18H,3-7H2,1-2H3;9-11,14H,5-8H2,1-4H3;/q2*-1;;/b;;12-9-;/i12D;11D;;. The molecule has 0 saturated heterocycles. The van der Waals surface area contributed by atoms with E-state index in [9.17, 15) is 9.90 Å². The average Bonchev–Trinajstić information content (AvgIpc) is 3.31. The minimum absolute atomic E-state index is 0. The molecule has 6 aromatic rings. The molecule has 0 bridgehead atoms. The summed E-state index contributed by atoms with van der Waals surface area (Å²) in [6, 6.07) is 32.8. The molecule has 2 fully saturated rings. The third kappa shape index (κ3) is 13.8. The molecule has 0 aliphatic heterocycles. The molecule has 4 aromatic carbocycles. The van der Waals surface area contributed by atoms with Crippen molar-refractivity contribution >= 4 is 27.3 Å². The number of aryl methyl sites for hydroxylation is 4. The van der Waals surface area contributed by atoms with E-state index in [1.54, 1.807) is 0 Å². The number of nitrogens with zero attached hydrogens (tertiary/aromatic N) is 2. The summed E-state index contributed by atoms with van der Waals surface area (Å²) in [4.78, 5) is 20.8. The SMILES string of the molecule is CCC(CC)C(=O)/C=C(\O)C(CC)CC.[2H]c1cc2cc(C3CCCCC3)ccc2c(-c2[c-]c(C)cc(C)c2)n1.[2H]c1cc2cc(C3CCCCC3)ccc2c(-c2[c-]c(C)cc(CC)c2)n1.[Ir]. The summed E-state index contributed by atoms with van der Waals surface area (Å²) < 4.78 is 16.4. The van der Waals surface area contributed by atoms with Gasteiger partial charge in [-0.2, -0.15) is 0 Å². The van der Waals surface area contributed by atoms with Crippen LogP contribution in [0.25, 0.3) is 44.1 Å². The van der Waals surface area contributed by atoms with Crippen molar-refractivity contribution in [1.29, 1.82) is 0 Å². The van der Waals surface area contributed by atoms with Crippen molar-refractivity contribution in [2.75, 3.05) is 0 Å². The normalized spacial score (nSPS) is 15.1. The van der Waals surface area contributed by atoms with Crippen LogP contribution in [0.3, 0.4) is 0 Å². The van der Waals surface area contributed by atoms with Gasteiger partial charge in [0.25, 0.3) is 0 Å². The summed E-state index contributed by atoms with van der Waals surface area (Å²) in [5, 5.41) is 14.3. The van der Waals surface area contributed by atoms with Gasteiger partial charge in [-0.1, -0.05) is 130 Å². The number of pyridine rings is 2. The number of ketones is 1. The number of hydrogen-bond acceptors (Lipinski definition) is 4. The average molecular weight is 1050 g/mol. The van der Waals surface area contributed by atoms with E-state index in [4.69, 9.17) is 2.74 Å². The summed E-state index contributed by atoms with van der Waals surface area (Å²) in [6.07, 6.45) is 19.8. The maximum absolute atomic E-state index is 11.7. The molecule has 65 heavy (non-hydrogen) atoms. The van der Waals surface area contributed by atoms with E-state index in [0.29, 0.717) is 24.2 Å². The predicted molar refractivity (Wildman–Crippen MR) is 271 cm³/mol. The van der Waals surface area contributed by atoms with Crippen molar-refractivity contribution < 1.29 is 32.7 Å². The number of aliphatic hydroxyl groups is 1. The zero-order valence-corrected chi connectivity index (χ0v) is 42.9. The Kier molecular flexibility index (Phi) is 19.0. The first-order valence-electron chi connectivity index (χ1n) is 25.6. The zero-order chi connectivity index (χ0) is 47.3. The van der Waals surface area contributed by atoms with Gasteiger partial charge in [0.2, 0.25) is 0 Å². The predicted octanol–water partition coefficient (Wildman–Crippen LogP) is 16.9. The second-order valence-electron chi connectivity index (χ2n) is 18.5. The molecule has 0 atom stereocenters. The maximum Gasteiger partial charge on any atom is 0.162 e. The molecule has 5 heteroatoms. The molecule has 2 aromatic heterocycles. The van der Waals surface area contributed by atoms with Crippen LogP contribution in [0.1, 0.15) is 172 Å². The summed E-state index contributed by atoms with van der Waals surface area (Å²) in [7, 11) is 0. The molecule has 2 aliphatic rings. The quantitative estimate of drug-likeness (QED) is 0.0754. The largest absolute Gasteiger partial charge is 0.512 e. The van der Waals surface area contributed by atoms with Gasteiger partial charge in [-0.25, -0.2) is 0 Å². The van der Waals surface area contributed by atoms with E-state index in [0.717, 1.165) is 87.3 Å². The van der Waals surface area contributed by atoms with E-state index in [-0.39, 0.29) is 43.5 Å². The first-order valence-corrected chi connectivity index (χ1v) is 24.6. The molecule has 4 nitrogen and oxygen atoms in total. The van der Waals surface area contributed by atoms with Crippen molar-refractivity contribution in [3.8, 4) is 22.5 Å². The van der Waals surface area contributed by atoms with Crippen LogP contribution in [0.2, 0.25) is 0 Å². The fraction of sp³-hybridized carbons (Fsp3) is 0.450. The zero-order valence-electron chi connectivity index (χ0n) is 42.5. The Morgan fingerprint density at radius 2 is 1.11 bits per heavy atom. The number of carbonyl (C=O) groups is 1. The van der Waals surface area contributed by atoms with Gasteiger partial charge in [0.1, 0.15) is 0 Å². The first-order chi connectivity index (χ1) is 31.8. The minimum atomic E-state index is 0. The Balaban J connectivity index is 0.000000194. The topological polar surface area (TPSA) is 63.1 Å². The second kappa shape index (κ2) is 25.5. The molecular weight excluding hydrogens is 973 g/mol. The fourth-order valence-electron chi connectivity index (χ4n) is 10.00. The number of aromatic nitrogens is 2. The maximum atomic E-state index is 11.7. The number of benzene rings is 4. The van der Waals surface area contributed by atoms with Crippen LogP contribution in [0, 0.1) is 44.7 Å². The van der Waals surface area contributed by atoms with Gasteiger partial charge in [0.05, 0.1) is 8.50 Å². The summed E-state index contributed by atoms with van der Waals surface area (Å²) in [5.74, 6) is 1.90. The van der Waals surface area contributed by atoms with Crippen LogP contribution >= 0.6 is 0 Å². The van der Waals surface area contributed by atoms with Gasteiger partial charge in [-0.15, -0.1) is 69.8 Å². The molecule has 0 unspecified atom stereocenters. The van der Waals surface area contributed by atoms with Crippen molar-refractivity contribution in [1.82, 2.24) is 9.97 Å². The molecule has 0 amide bonds. The van der Waals surface area contributed by atoms with E-state index >= 15 is 0 Å². The molecule has 2 heterocycles. The Hall–Kier alpha value is -4.44. The molecular formula is C60H74IrN2O2-2. The molecule has 1 N–H and O–H groups in total. The van der Waals surface area contributed by atoms with Crippen molar-refractivity contribution in [3.05, 3.63) is 142 Å². The van der Waals surface area contributed by atoms with E-state index in [1.807, 2.05) is 39.8 Å². The van der Waals surface area contributed by atoms with Crippen LogP contribution in [0.4, 0.5) is 0 Å². The number of allylic oxidation sites excluding steroid dienone is 2. The van der Waals surface area contributed by atoms with Crippen molar-refractivity contribution in [2.45, 2.75) is 164 Å². The minimum Gasteiger partial charge on any atom is -0.512 e. The molecule has 347 valence electrons. The van der Waals surface area contributed by atoms with Gasteiger partial charge < -0.3 is 15.1 Å². The van der Waals surface area contributed by atoms with Gasteiger partial charge in [0.15, 0.2) is 5.78 Å². The molecule has 2 aliphatic carbocycles. The third-order valence-corrected chi connectivity index (χ3v) is 13.8. The first kappa shape index (κ1) is 48.5. The summed E-state index contributed by atoms with van der Waals surface area (Å²) in [6.45, 7) is 16.5. The summed E-state index contributed by atoms with van der Waals surface area (Å²) in [5.41, 5.74) is 11.3. The molecule has 1 radical (unpaired) electrons. The van der Waals surface area contributed by atoms with Gasteiger partial charge in [-0.3, -0.25) is 4.79 Å². The van der Waals surface area contributed by atoms with E-state index < -0.39 is 0 Å². The Labute approximate surface area is 408 Å².